The van der Waals surface area contributed by atoms with Crippen molar-refractivity contribution in [2.24, 2.45) is 7.05 Å². The van der Waals surface area contributed by atoms with E-state index in [2.05, 4.69) is 4.98 Å². The van der Waals surface area contributed by atoms with E-state index >= 15 is 0 Å². The van der Waals surface area contributed by atoms with Crippen molar-refractivity contribution in [3.63, 3.8) is 0 Å². The van der Waals surface area contributed by atoms with Gasteiger partial charge in [0, 0.05) is 12.6 Å². The summed E-state index contributed by atoms with van der Waals surface area (Å²) in [4.78, 5) is 28.7. The van der Waals surface area contributed by atoms with Crippen molar-refractivity contribution in [3.8, 4) is 0 Å². The molecule has 110 valence electrons. The molecule has 1 heterocycles. The van der Waals surface area contributed by atoms with Crippen molar-refractivity contribution in [2.75, 3.05) is 0 Å². The van der Waals surface area contributed by atoms with Gasteiger partial charge >= 0.3 is 0 Å². The van der Waals surface area contributed by atoms with E-state index in [9.17, 15) is 14.0 Å². The SMILES string of the molecule is CC(=O)c1cc(C)cc2c(=O)n(C)c(C3(F)CCC3)nc12. The number of Topliss-reactive ketones (excluding diaryl/α,β-unsaturated/α-hetero) is 1. The zero-order valence-electron chi connectivity index (χ0n) is 12.4. The summed E-state index contributed by atoms with van der Waals surface area (Å²) in [5.74, 6) is -0.0328. The first kappa shape index (κ1) is 13.9. The van der Waals surface area contributed by atoms with E-state index in [0.717, 1.165) is 12.0 Å². The summed E-state index contributed by atoms with van der Waals surface area (Å²) in [6, 6.07) is 3.40. The highest BCUT2D eigenvalue weighted by Crippen LogP contribution is 2.43. The fourth-order valence-electron chi connectivity index (χ4n) is 2.90. The summed E-state index contributed by atoms with van der Waals surface area (Å²) in [5.41, 5.74) is -0.328. The molecule has 0 bridgehead atoms. The Morgan fingerprint density at radius 2 is 2.05 bits per heavy atom. The monoisotopic (exact) mass is 288 g/mol. The fraction of sp³-hybridized carbons (Fsp3) is 0.438. The topological polar surface area (TPSA) is 52.0 Å². The molecule has 3 rings (SSSR count). The number of ketones is 1. The summed E-state index contributed by atoms with van der Waals surface area (Å²) < 4.78 is 16.0. The molecule has 4 nitrogen and oxygen atoms in total. The van der Waals surface area contributed by atoms with Gasteiger partial charge in [-0.15, -0.1) is 0 Å². The van der Waals surface area contributed by atoms with Gasteiger partial charge in [-0.05, 0) is 50.8 Å². The molecule has 0 spiro atoms. The number of aromatic nitrogens is 2. The Bertz CT molecular complexity index is 819. The van der Waals surface area contributed by atoms with Crippen LogP contribution in [0.15, 0.2) is 16.9 Å². The number of nitrogens with zero attached hydrogens (tertiary/aromatic N) is 2. The van der Waals surface area contributed by atoms with Crippen LogP contribution >= 0.6 is 0 Å². The van der Waals surface area contributed by atoms with Gasteiger partial charge in [0.15, 0.2) is 11.5 Å². The van der Waals surface area contributed by atoms with Gasteiger partial charge in [0.1, 0.15) is 5.82 Å². The van der Waals surface area contributed by atoms with E-state index in [1.54, 1.807) is 19.2 Å². The van der Waals surface area contributed by atoms with Crippen molar-refractivity contribution in [1.82, 2.24) is 9.55 Å². The Kier molecular flexibility index (Phi) is 2.97. The van der Waals surface area contributed by atoms with Crippen molar-refractivity contribution in [3.05, 3.63) is 39.4 Å². The molecule has 1 aliphatic carbocycles. The summed E-state index contributed by atoms with van der Waals surface area (Å²) in [6.07, 6.45) is 1.54. The quantitative estimate of drug-likeness (QED) is 0.798. The highest BCUT2D eigenvalue weighted by atomic mass is 19.1. The van der Waals surface area contributed by atoms with E-state index in [1.807, 2.05) is 6.92 Å². The lowest BCUT2D eigenvalue weighted by Crippen LogP contribution is -2.37. The largest absolute Gasteiger partial charge is 0.297 e. The Labute approximate surface area is 121 Å². The van der Waals surface area contributed by atoms with Crippen LogP contribution in [-0.2, 0) is 12.7 Å². The van der Waals surface area contributed by atoms with Gasteiger partial charge in [0.2, 0.25) is 0 Å². The number of carbonyl (C=O) groups excluding carboxylic acids is 1. The zero-order valence-corrected chi connectivity index (χ0v) is 12.4. The van der Waals surface area contributed by atoms with Crippen LogP contribution in [0, 0.1) is 6.92 Å². The minimum absolute atomic E-state index is 0.137. The summed E-state index contributed by atoms with van der Waals surface area (Å²) in [6.45, 7) is 3.25. The van der Waals surface area contributed by atoms with Crippen molar-refractivity contribution >= 4 is 16.7 Å². The molecule has 0 saturated heterocycles. The Balaban J connectivity index is 2.42. The highest BCUT2D eigenvalue weighted by molar-refractivity contribution is 6.05. The van der Waals surface area contributed by atoms with E-state index in [0.29, 0.717) is 29.3 Å². The standard InChI is InChI=1S/C16H17FN2O2/c1-9-7-11(10(2)20)13-12(8-9)14(21)19(3)15(18-13)16(17)5-4-6-16/h7-8H,4-6H2,1-3H3. The highest BCUT2D eigenvalue weighted by Gasteiger charge is 2.42. The van der Waals surface area contributed by atoms with Gasteiger partial charge in [0.25, 0.3) is 5.56 Å². The molecular formula is C16H17FN2O2. The van der Waals surface area contributed by atoms with Gasteiger partial charge in [-0.2, -0.15) is 0 Å². The molecule has 0 radical (unpaired) electrons. The van der Waals surface area contributed by atoms with Crippen LogP contribution in [0.5, 0.6) is 0 Å². The van der Waals surface area contributed by atoms with Crippen LogP contribution in [-0.4, -0.2) is 15.3 Å². The van der Waals surface area contributed by atoms with Gasteiger partial charge in [0.05, 0.1) is 10.9 Å². The Hall–Kier alpha value is -2.04. The third kappa shape index (κ3) is 1.99. The molecule has 1 saturated carbocycles. The number of alkyl halides is 1. The van der Waals surface area contributed by atoms with Crippen LogP contribution in [0.2, 0.25) is 0 Å². The molecule has 21 heavy (non-hydrogen) atoms. The molecule has 0 N–H and O–H groups in total. The Morgan fingerprint density at radius 1 is 1.38 bits per heavy atom. The van der Waals surface area contributed by atoms with Crippen LogP contribution in [0.4, 0.5) is 4.39 Å². The number of benzene rings is 1. The van der Waals surface area contributed by atoms with Gasteiger partial charge in [-0.1, -0.05) is 0 Å². The lowest BCUT2D eigenvalue weighted by Gasteiger charge is -2.34. The molecule has 5 heteroatoms. The molecule has 0 atom stereocenters. The molecule has 1 fully saturated rings. The number of hydrogen-bond acceptors (Lipinski definition) is 3. The second-order valence-corrected chi connectivity index (χ2v) is 5.88. The molecular weight excluding hydrogens is 271 g/mol. The molecule has 1 aromatic carbocycles. The third-order valence-electron chi connectivity index (χ3n) is 4.25. The second kappa shape index (κ2) is 4.48. The third-order valence-corrected chi connectivity index (χ3v) is 4.25. The van der Waals surface area contributed by atoms with Crippen LogP contribution < -0.4 is 5.56 Å². The first-order valence-corrected chi connectivity index (χ1v) is 7.05. The fourth-order valence-corrected chi connectivity index (χ4v) is 2.90. The van der Waals surface area contributed by atoms with Crippen LogP contribution in [0.3, 0.4) is 0 Å². The average Bonchev–Trinajstić information content (AvgIpc) is 2.39. The lowest BCUT2D eigenvalue weighted by atomic mass is 9.81. The minimum Gasteiger partial charge on any atom is -0.297 e. The van der Waals surface area contributed by atoms with Crippen molar-refractivity contribution < 1.29 is 9.18 Å². The second-order valence-electron chi connectivity index (χ2n) is 5.88. The number of rotatable bonds is 2. The van der Waals surface area contributed by atoms with Gasteiger partial charge < -0.3 is 0 Å². The van der Waals surface area contributed by atoms with Crippen molar-refractivity contribution in [1.29, 1.82) is 0 Å². The van der Waals surface area contributed by atoms with E-state index in [-0.39, 0.29) is 17.2 Å². The maximum Gasteiger partial charge on any atom is 0.261 e. The first-order valence-electron chi connectivity index (χ1n) is 7.05. The zero-order chi connectivity index (χ0) is 15.4. The normalized spacial score (nSPS) is 16.8. The smallest absolute Gasteiger partial charge is 0.261 e. The minimum atomic E-state index is -1.54. The average molecular weight is 288 g/mol. The predicted molar refractivity (Wildman–Crippen MR) is 78.4 cm³/mol. The van der Waals surface area contributed by atoms with Crippen molar-refractivity contribution in [2.45, 2.75) is 38.8 Å². The predicted octanol–water partition coefficient (Wildman–Crippen LogP) is 2.79. The summed E-state index contributed by atoms with van der Waals surface area (Å²) in [7, 11) is 1.54. The van der Waals surface area contributed by atoms with E-state index in [4.69, 9.17) is 0 Å². The lowest BCUT2D eigenvalue weighted by molar-refractivity contribution is 0.0465. The van der Waals surface area contributed by atoms with Gasteiger partial charge in [-0.3, -0.25) is 14.2 Å². The number of hydrogen-bond donors (Lipinski definition) is 0. The van der Waals surface area contributed by atoms with E-state index < -0.39 is 5.67 Å². The van der Waals surface area contributed by atoms with Crippen LogP contribution in [0.25, 0.3) is 10.9 Å². The number of aryl methyl sites for hydroxylation is 1. The maximum absolute atomic E-state index is 14.7. The number of halogens is 1. The molecule has 0 unspecified atom stereocenters. The maximum atomic E-state index is 14.7. The molecule has 1 aliphatic rings. The first-order chi connectivity index (χ1) is 9.83. The summed E-state index contributed by atoms with van der Waals surface area (Å²) >= 11 is 0. The van der Waals surface area contributed by atoms with E-state index in [1.165, 1.54) is 11.5 Å². The Morgan fingerprint density at radius 3 is 2.57 bits per heavy atom. The summed E-state index contributed by atoms with van der Waals surface area (Å²) in [5, 5.41) is 0.370. The molecule has 0 amide bonds. The molecule has 0 aliphatic heterocycles. The molecule has 2 aromatic rings. The molecule has 1 aromatic heterocycles. The number of fused-ring (bicyclic) bond motifs is 1. The number of carbonyl (C=O) groups is 1. The van der Waals surface area contributed by atoms with Gasteiger partial charge in [-0.25, -0.2) is 9.37 Å². The van der Waals surface area contributed by atoms with Crippen LogP contribution in [0.1, 0.15) is 47.9 Å².